The van der Waals surface area contributed by atoms with Crippen LogP contribution >= 0.6 is 15.9 Å². The first-order chi connectivity index (χ1) is 8.36. The standard InChI is InChI=1S/C11H7BrF3NO2/c1-2-18-10(17)11(14,15)8-6(5-16)3-4-7(13)9(8)12/h3-4H,2H2,1H3. The van der Waals surface area contributed by atoms with Gasteiger partial charge in [0.05, 0.1) is 28.3 Å². The molecule has 0 aliphatic carbocycles. The third-order valence-electron chi connectivity index (χ3n) is 2.06. The highest BCUT2D eigenvalue weighted by atomic mass is 79.9. The average molecular weight is 322 g/mol. The van der Waals surface area contributed by atoms with E-state index in [4.69, 9.17) is 5.26 Å². The molecule has 0 saturated heterocycles. The minimum atomic E-state index is -4.10. The second kappa shape index (κ2) is 5.40. The number of ether oxygens (including phenoxy) is 1. The van der Waals surface area contributed by atoms with Gasteiger partial charge in [-0.2, -0.15) is 14.0 Å². The van der Waals surface area contributed by atoms with Gasteiger partial charge in [-0.25, -0.2) is 9.18 Å². The summed E-state index contributed by atoms with van der Waals surface area (Å²) in [7, 11) is 0. The molecule has 7 heteroatoms. The highest BCUT2D eigenvalue weighted by Gasteiger charge is 2.46. The Kier molecular flexibility index (Phi) is 4.35. The zero-order valence-corrected chi connectivity index (χ0v) is 10.7. The van der Waals surface area contributed by atoms with Gasteiger partial charge in [-0.15, -0.1) is 0 Å². The number of rotatable bonds is 3. The van der Waals surface area contributed by atoms with Gasteiger partial charge in [-0.3, -0.25) is 0 Å². The number of alkyl halides is 2. The Morgan fingerprint density at radius 3 is 2.67 bits per heavy atom. The van der Waals surface area contributed by atoms with Gasteiger partial charge in [0.2, 0.25) is 0 Å². The lowest BCUT2D eigenvalue weighted by Gasteiger charge is -2.17. The monoisotopic (exact) mass is 321 g/mol. The summed E-state index contributed by atoms with van der Waals surface area (Å²) in [6, 6.07) is 3.21. The van der Waals surface area contributed by atoms with Gasteiger partial charge in [-0.05, 0) is 35.0 Å². The molecule has 18 heavy (non-hydrogen) atoms. The Morgan fingerprint density at radius 1 is 1.56 bits per heavy atom. The SMILES string of the molecule is CCOC(=O)C(F)(F)c1c(C#N)ccc(F)c1Br. The van der Waals surface area contributed by atoms with E-state index in [-0.39, 0.29) is 6.61 Å². The largest absolute Gasteiger partial charge is 0.461 e. The number of nitriles is 1. The lowest BCUT2D eigenvalue weighted by atomic mass is 10.0. The molecule has 0 spiro atoms. The molecular weight excluding hydrogens is 315 g/mol. The number of hydrogen-bond donors (Lipinski definition) is 0. The molecule has 96 valence electrons. The van der Waals surface area contributed by atoms with Crippen molar-refractivity contribution < 1.29 is 22.7 Å². The van der Waals surface area contributed by atoms with Crippen LogP contribution in [0.15, 0.2) is 16.6 Å². The maximum Gasteiger partial charge on any atom is 0.382 e. The molecule has 1 rings (SSSR count). The fraction of sp³-hybridized carbons (Fsp3) is 0.273. The van der Waals surface area contributed by atoms with Crippen LogP contribution in [0.1, 0.15) is 18.1 Å². The van der Waals surface area contributed by atoms with Crippen LogP contribution in [0.5, 0.6) is 0 Å². The number of benzene rings is 1. The van der Waals surface area contributed by atoms with Crippen molar-refractivity contribution in [2.75, 3.05) is 6.61 Å². The van der Waals surface area contributed by atoms with E-state index in [2.05, 4.69) is 20.7 Å². The molecule has 0 N–H and O–H groups in total. The lowest BCUT2D eigenvalue weighted by Crippen LogP contribution is -2.30. The number of hydrogen-bond acceptors (Lipinski definition) is 3. The average Bonchev–Trinajstić information content (AvgIpc) is 2.32. The first-order valence-corrected chi connectivity index (χ1v) is 5.59. The Bertz CT molecular complexity index is 526. The molecule has 0 fully saturated rings. The van der Waals surface area contributed by atoms with Crippen LogP contribution in [0.3, 0.4) is 0 Å². The third kappa shape index (κ3) is 2.48. The summed E-state index contributed by atoms with van der Waals surface area (Å²) in [5, 5.41) is 8.73. The molecular formula is C11H7BrF3NO2. The quantitative estimate of drug-likeness (QED) is 0.804. The van der Waals surface area contributed by atoms with E-state index in [9.17, 15) is 18.0 Å². The summed E-state index contributed by atoms with van der Waals surface area (Å²) in [6.07, 6.45) is 0. The number of esters is 1. The highest BCUT2D eigenvalue weighted by molar-refractivity contribution is 9.10. The molecule has 0 unspecified atom stereocenters. The minimum Gasteiger partial charge on any atom is -0.461 e. The van der Waals surface area contributed by atoms with Crippen molar-refractivity contribution in [1.29, 1.82) is 5.26 Å². The minimum absolute atomic E-state index is 0.247. The molecule has 0 bridgehead atoms. The predicted octanol–water partition coefficient (Wildman–Crippen LogP) is 3.11. The van der Waals surface area contributed by atoms with Crippen LogP contribution in [-0.2, 0) is 15.5 Å². The van der Waals surface area contributed by atoms with Gasteiger partial charge in [0.15, 0.2) is 0 Å². The molecule has 0 aliphatic heterocycles. The Balaban J connectivity index is 3.44. The maximum atomic E-state index is 13.8. The van der Waals surface area contributed by atoms with E-state index >= 15 is 0 Å². The second-order valence-electron chi connectivity index (χ2n) is 3.19. The van der Waals surface area contributed by atoms with Gasteiger partial charge < -0.3 is 4.74 Å². The molecule has 0 radical (unpaired) electrons. The van der Waals surface area contributed by atoms with E-state index in [0.717, 1.165) is 12.1 Å². The highest BCUT2D eigenvalue weighted by Crippen LogP contribution is 2.38. The molecule has 0 aliphatic rings. The van der Waals surface area contributed by atoms with Gasteiger partial charge in [0, 0.05) is 0 Å². The normalized spacial score (nSPS) is 10.9. The number of nitrogens with zero attached hydrogens (tertiary/aromatic N) is 1. The van der Waals surface area contributed by atoms with E-state index in [1.807, 2.05) is 0 Å². The van der Waals surface area contributed by atoms with Crippen molar-refractivity contribution in [3.8, 4) is 6.07 Å². The molecule has 1 aromatic carbocycles. The zero-order valence-electron chi connectivity index (χ0n) is 9.14. The van der Waals surface area contributed by atoms with Gasteiger partial charge in [0.1, 0.15) is 5.82 Å². The van der Waals surface area contributed by atoms with Gasteiger partial charge in [-0.1, -0.05) is 0 Å². The summed E-state index contributed by atoms with van der Waals surface area (Å²) in [5.74, 6) is -6.91. The van der Waals surface area contributed by atoms with Crippen LogP contribution in [0.4, 0.5) is 13.2 Å². The molecule has 0 saturated carbocycles. The van der Waals surface area contributed by atoms with Crippen molar-refractivity contribution in [3.63, 3.8) is 0 Å². The van der Waals surface area contributed by atoms with Crippen LogP contribution in [0.2, 0.25) is 0 Å². The Morgan fingerprint density at radius 2 is 2.17 bits per heavy atom. The first-order valence-electron chi connectivity index (χ1n) is 4.79. The summed E-state index contributed by atoms with van der Waals surface area (Å²) < 4.78 is 44.4. The number of carbonyl (C=O) groups is 1. The Hall–Kier alpha value is -1.55. The van der Waals surface area contributed by atoms with Crippen LogP contribution in [-0.4, -0.2) is 12.6 Å². The van der Waals surface area contributed by atoms with Gasteiger partial charge in [0.25, 0.3) is 0 Å². The first kappa shape index (κ1) is 14.5. The van der Waals surface area contributed by atoms with E-state index < -0.39 is 33.3 Å². The van der Waals surface area contributed by atoms with Crippen molar-refractivity contribution in [2.45, 2.75) is 12.8 Å². The van der Waals surface area contributed by atoms with E-state index in [1.165, 1.54) is 13.0 Å². The number of carbonyl (C=O) groups excluding carboxylic acids is 1. The topological polar surface area (TPSA) is 50.1 Å². The Labute approximate surface area is 109 Å². The third-order valence-corrected chi connectivity index (χ3v) is 2.84. The van der Waals surface area contributed by atoms with Crippen molar-refractivity contribution in [1.82, 2.24) is 0 Å². The van der Waals surface area contributed by atoms with Crippen LogP contribution < -0.4 is 0 Å². The summed E-state index contributed by atoms with van der Waals surface area (Å²) in [6.45, 7) is 1.11. The van der Waals surface area contributed by atoms with E-state index in [0.29, 0.717) is 0 Å². The van der Waals surface area contributed by atoms with Crippen LogP contribution in [0, 0.1) is 17.1 Å². The summed E-state index contributed by atoms with van der Waals surface area (Å²) in [4.78, 5) is 11.2. The second-order valence-corrected chi connectivity index (χ2v) is 3.98. The number of halogens is 4. The zero-order chi connectivity index (χ0) is 13.9. The fourth-order valence-corrected chi connectivity index (χ4v) is 1.87. The molecule has 0 amide bonds. The molecule has 1 aromatic rings. The maximum absolute atomic E-state index is 13.8. The fourth-order valence-electron chi connectivity index (χ4n) is 1.27. The molecule has 0 atom stereocenters. The predicted molar refractivity (Wildman–Crippen MR) is 59.3 cm³/mol. The van der Waals surface area contributed by atoms with Crippen molar-refractivity contribution >= 4 is 21.9 Å². The summed E-state index contributed by atoms with van der Waals surface area (Å²) in [5.41, 5.74) is -1.52. The van der Waals surface area contributed by atoms with Crippen molar-refractivity contribution in [2.24, 2.45) is 0 Å². The molecule has 3 nitrogen and oxygen atoms in total. The van der Waals surface area contributed by atoms with E-state index in [1.54, 1.807) is 0 Å². The molecule has 0 heterocycles. The summed E-state index contributed by atoms with van der Waals surface area (Å²) >= 11 is 2.61. The smallest absolute Gasteiger partial charge is 0.382 e. The van der Waals surface area contributed by atoms with Gasteiger partial charge >= 0.3 is 11.9 Å². The van der Waals surface area contributed by atoms with Crippen LogP contribution in [0.25, 0.3) is 0 Å². The molecule has 0 aromatic heterocycles. The van der Waals surface area contributed by atoms with Crippen molar-refractivity contribution in [3.05, 3.63) is 33.5 Å². The lowest BCUT2D eigenvalue weighted by molar-refractivity contribution is -0.173.